The molecule has 1 heterocycles. The van der Waals surface area contributed by atoms with Gasteiger partial charge in [0.1, 0.15) is 0 Å². The van der Waals surface area contributed by atoms with Gasteiger partial charge in [-0.15, -0.1) is 0 Å². The molecule has 3 nitrogen and oxygen atoms in total. The van der Waals surface area contributed by atoms with Gasteiger partial charge in [0.2, 0.25) is 5.91 Å². The van der Waals surface area contributed by atoms with Gasteiger partial charge in [-0.3, -0.25) is 9.69 Å². The average molecular weight is 196 g/mol. The maximum Gasteiger partial charge on any atom is 0.225 e. The summed E-state index contributed by atoms with van der Waals surface area (Å²) < 4.78 is 0. The Morgan fingerprint density at radius 1 is 1.14 bits per heavy atom. The van der Waals surface area contributed by atoms with Crippen LogP contribution in [0.1, 0.15) is 26.7 Å². The first-order chi connectivity index (χ1) is 6.68. The minimum absolute atomic E-state index is 0.155. The maximum absolute atomic E-state index is 11.7. The van der Waals surface area contributed by atoms with Gasteiger partial charge >= 0.3 is 0 Å². The summed E-state index contributed by atoms with van der Waals surface area (Å²) >= 11 is 0. The molecule has 80 valence electrons. The van der Waals surface area contributed by atoms with E-state index in [0.29, 0.717) is 5.91 Å². The predicted octanol–water partition coefficient (Wildman–Crippen LogP) is 0.949. The van der Waals surface area contributed by atoms with Crippen LogP contribution in [0.4, 0.5) is 0 Å². The molecule has 2 aliphatic rings. The van der Waals surface area contributed by atoms with Crippen LogP contribution in [0.2, 0.25) is 0 Å². The van der Waals surface area contributed by atoms with Crippen molar-refractivity contribution in [1.82, 2.24) is 9.80 Å². The predicted molar refractivity (Wildman–Crippen MR) is 56.0 cm³/mol. The molecule has 14 heavy (non-hydrogen) atoms. The highest BCUT2D eigenvalue weighted by molar-refractivity contribution is 5.78. The van der Waals surface area contributed by atoms with Gasteiger partial charge in [-0.05, 0) is 12.8 Å². The molecule has 3 heteroatoms. The SMILES string of the molecule is CC(C)C(=O)N1CCN(C2CC2)CC1. The van der Waals surface area contributed by atoms with Gasteiger partial charge in [-0.25, -0.2) is 0 Å². The van der Waals surface area contributed by atoms with Crippen LogP contribution in [0, 0.1) is 5.92 Å². The molecule has 1 amide bonds. The van der Waals surface area contributed by atoms with Gasteiger partial charge in [-0.1, -0.05) is 13.8 Å². The summed E-state index contributed by atoms with van der Waals surface area (Å²) in [6.45, 7) is 8.01. The lowest BCUT2D eigenvalue weighted by molar-refractivity contribution is -0.136. The van der Waals surface area contributed by atoms with Crippen molar-refractivity contribution in [3.63, 3.8) is 0 Å². The zero-order valence-corrected chi connectivity index (χ0v) is 9.20. The van der Waals surface area contributed by atoms with Gasteiger partial charge < -0.3 is 4.90 Å². The van der Waals surface area contributed by atoms with Crippen LogP contribution < -0.4 is 0 Å². The van der Waals surface area contributed by atoms with Crippen LogP contribution in [-0.2, 0) is 4.79 Å². The number of hydrogen-bond acceptors (Lipinski definition) is 2. The van der Waals surface area contributed by atoms with Crippen molar-refractivity contribution in [3.8, 4) is 0 Å². The highest BCUT2D eigenvalue weighted by Crippen LogP contribution is 2.27. The Labute approximate surface area is 86.1 Å². The molecule has 0 aromatic heterocycles. The molecule has 0 atom stereocenters. The van der Waals surface area contributed by atoms with E-state index in [4.69, 9.17) is 0 Å². The second kappa shape index (κ2) is 3.89. The van der Waals surface area contributed by atoms with E-state index in [1.165, 1.54) is 12.8 Å². The van der Waals surface area contributed by atoms with E-state index in [-0.39, 0.29) is 5.92 Å². The van der Waals surface area contributed by atoms with Crippen LogP contribution in [0.5, 0.6) is 0 Å². The number of carbonyl (C=O) groups is 1. The third-order valence-electron chi connectivity index (χ3n) is 3.18. The lowest BCUT2D eigenvalue weighted by Gasteiger charge is -2.35. The third kappa shape index (κ3) is 2.08. The van der Waals surface area contributed by atoms with Gasteiger partial charge in [0.15, 0.2) is 0 Å². The van der Waals surface area contributed by atoms with Crippen LogP contribution in [0.3, 0.4) is 0 Å². The fourth-order valence-electron chi connectivity index (χ4n) is 2.11. The molecule has 1 aliphatic carbocycles. The van der Waals surface area contributed by atoms with Crippen molar-refractivity contribution >= 4 is 5.91 Å². The summed E-state index contributed by atoms with van der Waals surface area (Å²) in [7, 11) is 0. The Morgan fingerprint density at radius 2 is 1.71 bits per heavy atom. The number of piperazine rings is 1. The normalized spacial score (nSPS) is 24.4. The summed E-state index contributed by atoms with van der Waals surface area (Å²) in [5.74, 6) is 0.475. The number of hydrogen-bond donors (Lipinski definition) is 0. The Bertz CT molecular complexity index is 215. The Kier molecular flexibility index (Phi) is 2.77. The largest absolute Gasteiger partial charge is 0.340 e. The van der Waals surface area contributed by atoms with Gasteiger partial charge in [-0.2, -0.15) is 0 Å². The molecular weight excluding hydrogens is 176 g/mol. The lowest BCUT2D eigenvalue weighted by Crippen LogP contribution is -2.50. The van der Waals surface area contributed by atoms with Crippen LogP contribution in [-0.4, -0.2) is 47.9 Å². The highest BCUT2D eigenvalue weighted by Gasteiger charge is 2.32. The quantitative estimate of drug-likeness (QED) is 0.656. The molecule has 0 bridgehead atoms. The van der Waals surface area contributed by atoms with Crippen molar-refractivity contribution in [2.75, 3.05) is 26.2 Å². The number of nitrogens with zero attached hydrogens (tertiary/aromatic N) is 2. The lowest BCUT2D eigenvalue weighted by atomic mass is 10.1. The van der Waals surface area contributed by atoms with Crippen molar-refractivity contribution in [3.05, 3.63) is 0 Å². The fraction of sp³-hybridized carbons (Fsp3) is 0.909. The summed E-state index contributed by atoms with van der Waals surface area (Å²) in [5, 5.41) is 0. The third-order valence-corrected chi connectivity index (χ3v) is 3.18. The van der Waals surface area contributed by atoms with Crippen molar-refractivity contribution < 1.29 is 4.79 Å². The number of carbonyl (C=O) groups excluding carboxylic acids is 1. The summed E-state index contributed by atoms with van der Waals surface area (Å²) in [4.78, 5) is 16.2. The first-order valence-electron chi connectivity index (χ1n) is 5.71. The van der Waals surface area contributed by atoms with Gasteiger partial charge in [0.05, 0.1) is 0 Å². The van der Waals surface area contributed by atoms with E-state index >= 15 is 0 Å². The highest BCUT2D eigenvalue weighted by atomic mass is 16.2. The second-order valence-electron chi connectivity index (χ2n) is 4.75. The molecule has 0 spiro atoms. The molecule has 2 fully saturated rings. The first kappa shape index (κ1) is 9.97. The first-order valence-corrected chi connectivity index (χ1v) is 5.71. The summed E-state index contributed by atoms with van der Waals surface area (Å²) in [6.07, 6.45) is 2.75. The summed E-state index contributed by atoms with van der Waals surface area (Å²) in [6, 6.07) is 0.853. The van der Waals surface area contributed by atoms with Crippen LogP contribution in [0.15, 0.2) is 0 Å². The molecular formula is C11H20N2O. The Hall–Kier alpha value is -0.570. The zero-order chi connectivity index (χ0) is 10.1. The molecule has 2 rings (SSSR count). The molecule has 0 N–H and O–H groups in total. The van der Waals surface area contributed by atoms with Gasteiger partial charge in [0, 0.05) is 38.1 Å². The molecule has 0 radical (unpaired) electrons. The standard InChI is InChI=1S/C11H20N2O/c1-9(2)11(14)13-7-5-12(6-8-13)10-3-4-10/h9-10H,3-8H2,1-2H3. The van der Waals surface area contributed by atoms with E-state index in [9.17, 15) is 4.79 Å². The minimum Gasteiger partial charge on any atom is -0.340 e. The van der Waals surface area contributed by atoms with E-state index in [2.05, 4.69) is 4.90 Å². The van der Waals surface area contributed by atoms with Gasteiger partial charge in [0.25, 0.3) is 0 Å². The topological polar surface area (TPSA) is 23.6 Å². The molecule has 1 saturated carbocycles. The zero-order valence-electron chi connectivity index (χ0n) is 9.20. The minimum atomic E-state index is 0.155. The number of rotatable bonds is 2. The van der Waals surface area contributed by atoms with E-state index in [1.54, 1.807) is 0 Å². The molecule has 0 unspecified atom stereocenters. The maximum atomic E-state index is 11.7. The van der Waals surface area contributed by atoms with E-state index in [0.717, 1.165) is 32.2 Å². The molecule has 0 aromatic rings. The van der Waals surface area contributed by atoms with Crippen LogP contribution >= 0.6 is 0 Å². The molecule has 1 aliphatic heterocycles. The van der Waals surface area contributed by atoms with E-state index in [1.807, 2.05) is 18.7 Å². The number of amides is 1. The van der Waals surface area contributed by atoms with Crippen molar-refractivity contribution in [2.45, 2.75) is 32.7 Å². The van der Waals surface area contributed by atoms with Crippen molar-refractivity contribution in [2.24, 2.45) is 5.92 Å². The monoisotopic (exact) mass is 196 g/mol. The molecule has 0 aromatic carbocycles. The second-order valence-corrected chi connectivity index (χ2v) is 4.75. The molecule has 1 saturated heterocycles. The fourth-order valence-corrected chi connectivity index (χ4v) is 2.11. The average Bonchev–Trinajstić information content (AvgIpc) is 3.00. The Balaban J connectivity index is 1.80. The van der Waals surface area contributed by atoms with Crippen molar-refractivity contribution in [1.29, 1.82) is 0 Å². The van der Waals surface area contributed by atoms with Crippen LogP contribution in [0.25, 0.3) is 0 Å². The smallest absolute Gasteiger partial charge is 0.225 e. The summed E-state index contributed by atoms with van der Waals surface area (Å²) in [5.41, 5.74) is 0. The Morgan fingerprint density at radius 3 is 2.14 bits per heavy atom. The van der Waals surface area contributed by atoms with E-state index < -0.39 is 0 Å².